The SMILES string of the molecule is CCCCCCOc1ccc(CCCNCCC(=O)O)cc1.Cl. The van der Waals surface area contributed by atoms with Crippen LogP contribution >= 0.6 is 12.4 Å². The number of carbonyl (C=O) groups is 1. The molecule has 5 heteroatoms. The Labute approximate surface area is 146 Å². The third-order valence-corrected chi connectivity index (χ3v) is 3.52. The van der Waals surface area contributed by atoms with Crippen LogP contribution in [0.15, 0.2) is 24.3 Å². The van der Waals surface area contributed by atoms with E-state index in [2.05, 4.69) is 24.4 Å². The lowest BCUT2D eigenvalue weighted by Gasteiger charge is -2.07. The first-order valence-corrected chi connectivity index (χ1v) is 8.36. The van der Waals surface area contributed by atoms with Crippen molar-refractivity contribution in [2.75, 3.05) is 19.7 Å². The first kappa shape index (κ1) is 21.7. The van der Waals surface area contributed by atoms with Crippen LogP contribution in [0.25, 0.3) is 0 Å². The summed E-state index contributed by atoms with van der Waals surface area (Å²) >= 11 is 0. The zero-order chi connectivity index (χ0) is 16.0. The second-order valence-electron chi connectivity index (χ2n) is 5.55. The third kappa shape index (κ3) is 11.9. The molecule has 0 saturated carbocycles. The molecule has 132 valence electrons. The van der Waals surface area contributed by atoms with Gasteiger partial charge < -0.3 is 15.2 Å². The number of halogens is 1. The van der Waals surface area contributed by atoms with Gasteiger partial charge in [0.1, 0.15) is 5.75 Å². The molecule has 0 radical (unpaired) electrons. The van der Waals surface area contributed by atoms with Gasteiger partial charge in [-0.25, -0.2) is 0 Å². The molecule has 0 heterocycles. The topological polar surface area (TPSA) is 58.6 Å². The summed E-state index contributed by atoms with van der Waals surface area (Å²) in [5, 5.41) is 11.7. The lowest BCUT2D eigenvalue weighted by molar-refractivity contribution is -0.136. The summed E-state index contributed by atoms with van der Waals surface area (Å²) < 4.78 is 5.72. The Balaban J connectivity index is 0.00000484. The quantitative estimate of drug-likeness (QED) is 0.530. The van der Waals surface area contributed by atoms with Crippen LogP contribution in [0.3, 0.4) is 0 Å². The van der Waals surface area contributed by atoms with E-state index in [1.807, 2.05) is 12.1 Å². The molecule has 0 aliphatic rings. The van der Waals surface area contributed by atoms with Gasteiger partial charge in [-0.2, -0.15) is 0 Å². The molecule has 0 bridgehead atoms. The second kappa shape index (κ2) is 14.3. The van der Waals surface area contributed by atoms with Gasteiger partial charge in [-0.3, -0.25) is 4.79 Å². The van der Waals surface area contributed by atoms with Crippen molar-refractivity contribution in [3.8, 4) is 5.75 Å². The average molecular weight is 344 g/mol. The normalized spacial score (nSPS) is 10.1. The van der Waals surface area contributed by atoms with Gasteiger partial charge in [-0.05, 0) is 43.5 Å². The molecule has 0 aromatic heterocycles. The Morgan fingerprint density at radius 1 is 1.09 bits per heavy atom. The molecule has 1 aromatic carbocycles. The predicted octanol–water partition coefficient (Wildman–Crippen LogP) is 4.06. The first-order chi connectivity index (χ1) is 10.7. The van der Waals surface area contributed by atoms with Crippen LogP contribution in [-0.2, 0) is 11.2 Å². The number of aliphatic carboxylic acids is 1. The number of rotatable bonds is 13. The lowest BCUT2D eigenvalue weighted by atomic mass is 10.1. The summed E-state index contributed by atoms with van der Waals surface area (Å²) in [6, 6.07) is 8.29. The first-order valence-electron chi connectivity index (χ1n) is 8.36. The molecule has 0 unspecified atom stereocenters. The largest absolute Gasteiger partial charge is 0.494 e. The Bertz CT molecular complexity index is 409. The highest BCUT2D eigenvalue weighted by Crippen LogP contribution is 2.14. The molecular weight excluding hydrogens is 314 g/mol. The van der Waals surface area contributed by atoms with E-state index < -0.39 is 5.97 Å². The maximum Gasteiger partial charge on any atom is 0.304 e. The predicted molar refractivity (Wildman–Crippen MR) is 96.8 cm³/mol. The number of carboxylic acid groups (broad SMARTS) is 1. The number of aryl methyl sites for hydroxylation is 1. The average Bonchev–Trinajstić information content (AvgIpc) is 2.51. The molecule has 4 nitrogen and oxygen atoms in total. The van der Waals surface area contributed by atoms with Crippen molar-refractivity contribution in [1.82, 2.24) is 5.32 Å². The number of unbranched alkanes of at least 4 members (excludes halogenated alkanes) is 3. The van der Waals surface area contributed by atoms with Crippen LogP contribution < -0.4 is 10.1 Å². The van der Waals surface area contributed by atoms with E-state index in [1.54, 1.807) is 0 Å². The Kier molecular flexibility index (Phi) is 13.6. The van der Waals surface area contributed by atoms with Crippen molar-refractivity contribution < 1.29 is 14.6 Å². The number of nitrogens with one attached hydrogen (secondary N) is 1. The van der Waals surface area contributed by atoms with Gasteiger partial charge in [0.15, 0.2) is 0 Å². The number of carboxylic acids is 1. The summed E-state index contributed by atoms with van der Waals surface area (Å²) in [5.74, 6) is 0.192. The number of hydrogen-bond donors (Lipinski definition) is 2. The monoisotopic (exact) mass is 343 g/mol. The zero-order valence-electron chi connectivity index (χ0n) is 14.1. The minimum Gasteiger partial charge on any atom is -0.494 e. The highest BCUT2D eigenvalue weighted by molar-refractivity contribution is 5.85. The van der Waals surface area contributed by atoms with Crippen molar-refractivity contribution in [1.29, 1.82) is 0 Å². The molecule has 2 N–H and O–H groups in total. The Morgan fingerprint density at radius 3 is 2.48 bits per heavy atom. The molecule has 0 saturated heterocycles. The Hall–Kier alpha value is -1.26. The van der Waals surface area contributed by atoms with E-state index >= 15 is 0 Å². The van der Waals surface area contributed by atoms with Crippen molar-refractivity contribution in [2.45, 2.75) is 51.9 Å². The zero-order valence-corrected chi connectivity index (χ0v) is 14.9. The van der Waals surface area contributed by atoms with E-state index in [0.29, 0.717) is 6.54 Å². The van der Waals surface area contributed by atoms with Gasteiger partial charge in [0, 0.05) is 6.54 Å². The van der Waals surface area contributed by atoms with E-state index in [-0.39, 0.29) is 18.8 Å². The summed E-state index contributed by atoms with van der Waals surface area (Å²) in [4.78, 5) is 10.4. The molecule has 0 amide bonds. The lowest BCUT2D eigenvalue weighted by Crippen LogP contribution is -2.19. The summed E-state index contributed by atoms with van der Waals surface area (Å²) in [6.45, 7) is 4.40. The molecular formula is C18H30ClNO3. The third-order valence-electron chi connectivity index (χ3n) is 3.52. The van der Waals surface area contributed by atoms with Crippen LogP contribution in [0.1, 0.15) is 51.0 Å². The molecule has 0 aliphatic heterocycles. The molecule has 23 heavy (non-hydrogen) atoms. The summed E-state index contributed by atoms with van der Waals surface area (Å²) in [7, 11) is 0. The minimum atomic E-state index is -0.752. The van der Waals surface area contributed by atoms with Crippen LogP contribution in [0.4, 0.5) is 0 Å². The van der Waals surface area contributed by atoms with Gasteiger partial charge in [0.25, 0.3) is 0 Å². The minimum absolute atomic E-state index is 0. The number of benzene rings is 1. The summed E-state index contributed by atoms with van der Waals surface area (Å²) in [5.41, 5.74) is 1.29. The highest BCUT2D eigenvalue weighted by Gasteiger charge is 1.98. The van der Waals surface area contributed by atoms with Crippen LogP contribution in [-0.4, -0.2) is 30.8 Å². The van der Waals surface area contributed by atoms with E-state index in [9.17, 15) is 4.79 Å². The van der Waals surface area contributed by atoms with Gasteiger partial charge in [-0.15, -0.1) is 12.4 Å². The molecule has 1 aromatic rings. The highest BCUT2D eigenvalue weighted by atomic mass is 35.5. The Morgan fingerprint density at radius 2 is 1.83 bits per heavy atom. The second-order valence-corrected chi connectivity index (χ2v) is 5.55. The van der Waals surface area contributed by atoms with E-state index in [0.717, 1.165) is 38.2 Å². The number of hydrogen-bond acceptors (Lipinski definition) is 3. The van der Waals surface area contributed by atoms with Crippen molar-refractivity contribution in [3.63, 3.8) is 0 Å². The van der Waals surface area contributed by atoms with E-state index in [1.165, 1.54) is 24.8 Å². The van der Waals surface area contributed by atoms with Crippen molar-refractivity contribution >= 4 is 18.4 Å². The van der Waals surface area contributed by atoms with Crippen LogP contribution in [0.2, 0.25) is 0 Å². The molecule has 0 aliphatic carbocycles. The van der Waals surface area contributed by atoms with Crippen molar-refractivity contribution in [3.05, 3.63) is 29.8 Å². The summed E-state index contributed by atoms with van der Waals surface area (Å²) in [6.07, 6.45) is 7.09. The van der Waals surface area contributed by atoms with Gasteiger partial charge >= 0.3 is 5.97 Å². The molecule has 1 rings (SSSR count). The van der Waals surface area contributed by atoms with Crippen molar-refractivity contribution in [2.24, 2.45) is 0 Å². The standard InChI is InChI=1S/C18H29NO3.ClH/c1-2-3-4-5-15-22-17-10-8-16(9-11-17)7-6-13-19-14-12-18(20)21;/h8-11,19H,2-7,12-15H2,1H3,(H,20,21);1H. The van der Waals surface area contributed by atoms with E-state index in [4.69, 9.17) is 9.84 Å². The fourth-order valence-electron chi connectivity index (χ4n) is 2.21. The fraction of sp³-hybridized carbons (Fsp3) is 0.611. The van der Waals surface area contributed by atoms with Gasteiger partial charge in [0.05, 0.1) is 13.0 Å². The number of ether oxygens (including phenoxy) is 1. The maximum atomic E-state index is 10.4. The van der Waals surface area contributed by atoms with Gasteiger partial charge in [-0.1, -0.05) is 38.3 Å². The molecule has 0 spiro atoms. The van der Waals surface area contributed by atoms with Gasteiger partial charge in [0.2, 0.25) is 0 Å². The maximum absolute atomic E-state index is 10.4. The smallest absolute Gasteiger partial charge is 0.304 e. The van der Waals surface area contributed by atoms with Crippen LogP contribution in [0.5, 0.6) is 5.75 Å². The molecule has 0 atom stereocenters. The fourth-order valence-corrected chi connectivity index (χ4v) is 2.21. The molecule has 0 fully saturated rings. The van der Waals surface area contributed by atoms with Crippen LogP contribution in [0, 0.1) is 0 Å².